The van der Waals surface area contributed by atoms with Gasteiger partial charge in [-0.2, -0.15) is 0 Å². The van der Waals surface area contributed by atoms with Crippen LogP contribution in [0.25, 0.3) is 0 Å². The molecule has 0 amide bonds. The Hall–Kier alpha value is -2.96. The summed E-state index contributed by atoms with van der Waals surface area (Å²) in [6, 6.07) is 13.3. The Kier molecular flexibility index (Phi) is 7.54. The van der Waals surface area contributed by atoms with Crippen molar-refractivity contribution >= 4 is 11.6 Å². The van der Waals surface area contributed by atoms with Crippen LogP contribution in [0.15, 0.2) is 53.5 Å². The Morgan fingerprint density at radius 1 is 1.12 bits per heavy atom. The fraction of sp³-hybridized carbons (Fsp3) is 0.316. The molecule has 0 unspecified atom stereocenters. The van der Waals surface area contributed by atoms with Gasteiger partial charge in [-0.25, -0.2) is 4.39 Å². The summed E-state index contributed by atoms with van der Waals surface area (Å²) in [7, 11) is 1.67. The molecule has 2 aromatic rings. The van der Waals surface area contributed by atoms with Gasteiger partial charge in [-0.1, -0.05) is 30.3 Å². The molecule has 2 N–H and O–H groups in total. The van der Waals surface area contributed by atoms with Gasteiger partial charge in [0.1, 0.15) is 5.82 Å². The number of nitro benzene ring substituents is 1. The van der Waals surface area contributed by atoms with Gasteiger partial charge in [0.2, 0.25) is 0 Å². The van der Waals surface area contributed by atoms with Gasteiger partial charge in [0.25, 0.3) is 5.69 Å². The molecule has 2 aromatic carbocycles. The van der Waals surface area contributed by atoms with E-state index in [2.05, 4.69) is 15.6 Å². The Bertz CT molecular complexity index is 747. The second kappa shape index (κ2) is 10.1. The molecule has 138 valence electrons. The number of guanidine groups is 1. The predicted octanol–water partition coefficient (Wildman–Crippen LogP) is 3.42. The van der Waals surface area contributed by atoms with E-state index in [1.807, 2.05) is 0 Å². The molecule has 0 bridgehead atoms. The van der Waals surface area contributed by atoms with E-state index in [1.165, 1.54) is 18.2 Å². The fourth-order valence-corrected chi connectivity index (χ4v) is 2.49. The minimum atomic E-state index is -0.395. The maximum absolute atomic E-state index is 13.6. The maximum atomic E-state index is 13.6. The van der Waals surface area contributed by atoms with Crippen molar-refractivity contribution in [3.8, 4) is 0 Å². The SMILES string of the molecule is CN=C(NCCCCc1ccc([N+](=O)[O-])cc1)NCc1ccccc1F. The lowest BCUT2D eigenvalue weighted by atomic mass is 10.1. The van der Waals surface area contributed by atoms with E-state index >= 15 is 0 Å². The van der Waals surface area contributed by atoms with E-state index in [4.69, 9.17) is 0 Å². The lowest BCUT2D eigenvalue weighted by Crippen LogP contribution is -2.37. The zero-order chi connectivity index (χ0) is 18.8. The Labute approximate surface area is 152 Å². The first-order valence-corrected chi connectivity index (χ1v) is 8.51. The summed E-state index contributed by atoms with van der Waals surface area (Å²) in [6.45, 7) is 1.11. The summed E-state index contributed by atoms with van der Waals surface area (Å²) >= 11 is 0. The van der Waals surface area contributed by atoms with Crippen LogP contribution >= 0.6 is 0 Å². The van der Waals surface area contributed by atoms with Crippen molar-refractivity contribution in [2.75, 3.05) is 13.6 Å². The molecule has 0 heterocycles. The van der Waals surface area contributed by atoms with Crippen LogP contribution in [0.4, 0.5) is 10.1 Å². The predicted molar refractivity (Wildman–Crippen MR) is 101 cm³/mol. The van der Waals surface area contributed by atoms with Crippen LogP contribution in [0.3, 0.4) is 0 Å². The topological polar surface area (TPSA) is 79.6 Å². The Balaban J connectivity index is 1.66. The summed E-state index contributed by atoms with van der Waals surface area (Å²) < 4.78 is 13.6. The van der Waals surface area contributed by atoms with E-state index in [0.29, 0.717) is 18.1 Å². The molecule has 0 aliphatic rings. The highest BCUT2D eigenvalue weighted by atomic mass is 19.1. The minimum Gasteiger partial charge on any atom is -0.356 e. The van der Waals surface area contributed by atoms with Crippen molar-refractivity contribution in [1.82, 2.24) is 10.6 Å². The van der Waals surface area contributed by atoms with Crippen LogP contribution in [0, 0.1) is 15.9 Å². The van der Waals surface area contributed by atoms with Gasteiger partial charge in [-0.05, 0) is 30.9 Å². The molecule has 0 aliphatic carbocycles. The Morgan fingerprint density at radius 2 is 1.85 bits per heavy atom. The van der Waals surface area contributed by atoms with Gasteiger partial charge in [0.05, 0.1) is 4.92 Å². The quantitative estimate of drug-likeness (QED) is 0.249. The third kappa shape index (κ3) is 6.16. The number of hydrogen-bond acceptors (Lipinski definition) is 3. The average Bonchev–Trinajstić information content (AvgIpc) is 2.65. The van der Waals surface area contributed by atoms with Crippen molar-refractivity contribution in [2.45, 2.75) is 25.8 Å². The molecule has 0 radical (unpaired) electrons. The molecule has 0 aliphatic heterocycles. The number of aryl methyl sites for hydroxylation is 1. The van der Waals surface area contributed by atoms with Gasteiger partial charge in [0, 0.05) is 37.8 Å². The lowest BCUT2D eigenvalue weighted by Gasteiger charge is -2.12. The molecule has 0 saturated heterocycles. The van der Waals surface area contributed by atoms with Crippen molar-refractivity contribution in [3.63, 3.8) is 0 Å². The number of unbranched alkanes of at least 4 members (excludes halogenated alkanes) is 1. The number of benzene rings is 2. The first kappa shape index (κ1) is 19.4. The number of nitrogens with zero attached hydrogens (tertiary/aromatic N) is 2. The van der Waals surface area contributed by atoms with Gasteiger partial charge < -0.3 is 10.6 Å². The standard InChI is InChI=1S/C19H23FN4O2/c1-21-19(23-14-16-7-2-3-8-18(16)20)22-13-5-4-6-15-9-11-17(12-10-15)24(25)26/h2-3,7-12H,4-6,13-14H2,1H3,(H2,21,22,23). The number of halogens is 1. The van der Waals surface area contributed by atoms with Crippen LogP contribution in [-0.4, -0.2) is 24.5 Å². The van der Waals surface area contributed by atoms with E-state index in [9.17, 15) is 14.5 Å². The molecule has 6 nitrogen and oxygen atoms in total. The number of non-ortho nitro benzene ring substituents is 1. The monoisotopic (exact) mass is 358 g/mol. The van der Waals surface area contributed by atoms with Crippen molar-refractivity contribution in [2.24, 2.45) is 4.99 Å². The van der Waals surface area contributed by atoms with Crippen molar-refractivity contribution < 1.29 is 9.31 Å². The molecule has 7 heteroatoms. The highest BCUT2D eigenvalue weighted by molar-refractivity contribution is 5.79. The largest absolute Gasteiger partial charge is 0.356 e. The third-order valence-electron chi connectivity index (χ3n) is 3.96. The fourth-order valence-electron chi connectivity index (χ4n) is 2.49. The second-order valence-corrected chi connectivity index (χ2v) is 5.82. The first-order chi connectivity index (χ1) is 12.6. The molecule has 26 heavy (non-hydrogen) atoms. The molecular formula is C19H23FN4O2. The van der Waals surface area contributed by atoms with Crippen LogP contribution in [0.2, 0.25) is 0 Å². The summed E-state index contributed by atoms with van der Waals surface area (Å²) in [5.74, 6) is 0.391. The molecule has 0 aromatic heterocycles. The summed E-state index contributed by atoms with van der Waals surface area (Å²) in [5, 5.41) is 16.9. The van der Waals surface area contributed by atoms with Crippen LogP contribution in [0.5, 0.6) is 0 Å². The lowest BCUT2D eigenvalue weighted by molar-refractivity contribution is -0.384. The molecular weight excluding hydrogens is 335 g/mol. The smallest absolute Gasteiger partial charge is 0.269 e. The van der Waals surface area contributed by atoms with Crippen molar-refractivity contribution in [1.29, 1.82) is 0 Å². The van der Waals surface area contributed by atoms with Crippen molar-refractivity contribution in [3.05, 3.63) is 75.6 Å². The minimum absolute atomic E-state index is 0.111. The van der Waals surface area contributed by atoms with Gasteiger partial charge in [-0.15, -0.1) is 0 Å². The summed E-state index contributed by atoms with van der Waals surface area (Å²) in [6.07, 6.45) is 2.74. The summed E-state index contributed by atoms with van der Waals surface area (Å²) in [5.41, 5.74) is 1.78. The van der Waals surface area contributed by atoms with Crippen LogP contribution in [-0.2, 0) is 13.0 Å². The van der Waals surface area contributed by atoms with Gasteiger partial charge in [0.15, 0.2) is 5.96 Å². The van der Waals surface area contributed by atoms with Crippen LogP contribution < -0.4 is 10.6 Å². The molecule has 0 saturated carbocycles. The first-order valence-electron chi connectivity index (χ1n) is 8.51. The number of rotatable bonds is 8. The average molecular weight is 358 g/mol. The highest BCUT2D eigenvalue weighted by Crippen LogP contribution is 2.13. The number of aliphatic imine (C=N–C) groups is 1. The summed E-state index contributed by atoms with van der Waals surface area (Å²) in [4.78, 5) is 14.4. The van der Waals surface area contributed by atoms with E-state index < -0.39 is 4.92 Å². The van der Waals surface area contributed by atoms with E-state index in [-0.39, 0.29) is 11.5 Å². The Morgan fingerprint density at radius 3 is 2.50 bits per heavy atom. The van der Waals surface area contributed by atoms with E-state index in [1.54, 1.807) is 37.4 Å². The molecule has 2 rings (SSSR count). The number of nitro groups is 1. The molecule has 0 spiro atoms. The van der Waals surface area contributed by atoms with Gasteiger partial charge >= 0.3 is 0 Å². The second-order valence-electron chi connectivity index (χ2n) is 5.82. The zero-order valence-electron chi connectivity index (χ0n) is 14.7. The number of nitrogens with one attached hydrogen (secondary N) is 2. The highest BCUT2D eigenvalue weighted by Gasteiger charge is 2.04. The maximum Gasteiger partial charge on any atom is 0.269 e. The van der Waals surface area contributed by atoms with Crippen LogP contribution in [0.1, 0.15) is 24.0 Å². The van der Waals surface area contributed by atoms with E-state index in [0.717, 1.165) is 31.4 Å². The number of hydrogen-bond donors (Lipinski definition) is 2. The van der Waals surface area contributed by atoms with Gasteiger partial charge in [-0.3, -0.25) is 15.1 Å². The molecule has 0 atom stereocenters. The molecule has 0 fully saturated rings. The zero-order valence-corrected chi connectivity index (χ0v) is 14.7. The third-order valence-corrected chi connectivity index (χ3v) is 3.96. The normalized spacial score (nSPS) is 11.2.